The Morgan fingerprint density at radius 1 is 1.31 bits per heavy atom. The molecular formula is C9H15NO3. The predicted molar refractivity (Wildman–Crippen MR) is 49.1 cm³/mol. The lowest BCUT2D eigenvalue weighted by Crippen LogP contribution is -2.20. The van der Waals surface area contributed by atoms with Gasteiger partial charge >= 0.3 is 5.97 Å². The lowest BCUT2D eigenvalue weighted by Gasteiger charge is -2.02. The number of rotatable bonds is 6. The molecule has 0 fully saturated rings. The average Bonchev–Trinajstić information content (AvgIpc) is 1.96. The molecule has 0 saturated heterocycles. The van der Waals surface area contributed by atoms with E-state index in [1.165, 1.54) is 0 Å². The van der Waals surface area contributed by atoms with E-state index in [0.29, 0.717) is 25.0 Å². The molecule has 0 bridgehead atoms. The van der Waals surface area contributed by atoms with Crippen LogP contribution in [-0.2, 0) is 9.59 Å². The van der Waals surface area contributed by atoms with Crippen molar-refractivity contribution < 1.29 is 14.7 Å². The summed E-state index contributed by atoms with van der Waals surface area (Å²) in [6.45, 7) is 5.23. The molecule has 4 heteroatoms. The van der Waals surface area contributed by atoms with Gasteiger partial charge in [0.25, 0.3) is 0 Å². The Morgan fingerprint density at radius 2 is 1.85 bits per heavy atom. The van der Waals surface area contributed by atoms with E-state index in [4.69, 9.17) is 5.11 Å². The Labute approximate surface area is 77.6 Å². The standard InChI is InChI=1S/C9H15NO3/c1-7(2)10-8(11)5-3-4-6-9(12)13/h1,3-6H2,2H3,(H,10,11)(H,12,13). The third-order valence-corrected chi connectivity index (χ3v) is 1.40. The zero-order chi connectivity index (χ0) is 10.3. The van der Waals surface area contributed by atoms with E-state index in [0.717, 1.165) is 0 Å². The summed E-state index contributed by atoms with van der Waals surface area (Å²) in [5, 5.41) is 10.9. The number of hydrogen-bond donors (Lipinski definition) is 2. The monoisotopic (exact) mass is 185 g/mol. The van der Waals surface area contributed by atoms with Crippen LogP contribution >= 0.6 is 0 Å². The van der Waals surface area contributed by atoms with Crippen LogP contribution in [0.15, 0.2) is 12.3 Å². The third-order valence-electron chi connectivity index (χ3n) is 1.40. The second-order valence-electron chi connectivity index (χ2n) is 2.93. The lowest BCUT2D eigenvalue weighted by molar-refractivity contribution is -0.137. The van der Waals surface area contributed by atoms with Crippen LogP contribution in [0.3, 0.4) is 0 Å². The van der Waals surface area contributed by atoms with E-state index >= 15 is 0 Å². The molecular weight excluding hydrogens is 170 g/mol. The van der Waals surface area contributed by atoms with Gasteiger partial charge in [0.05, 0.1) is 0 Å². The number of unbranched alkanes of at least 4 members (excludes halogenated alkanes) is 1. The first-order chi connectivity index (χ1) is 6.02. The van der Waals surface area contributed by atoms with Gasteiger partial charge in [0.1, 0.15) is 0 Å². The first-order valence-electron chi connectivity index (χ1n) is 4.19. The number of nitrogens with one attached hydrogen (secondary N) is 1. The van der Waals surface area contributed by atoms with Crippen molar-refractivity contribution in [3.8, 4) is 0 Å². The molecule has 0 aliphatic heterocycles. The van der Waals surface area contributed by atoms with Crippen molar-refractivity contribution in [3.05, 3.63) is 12.3 Å². The number of aliphatic carboxylic acids is 1. The van der Waals surface area contributed by atoms with Crippen molar-refractivity contribution in [2.24, 2.45) is 0 Å². The highest BCUT2D eigenvalue weighted by molar-refractivity contribution is 5.77. The fourth-order valence-electron chi connectivity index (χ4n) is 0.862. The molecule has 0 aromatic heterocycles. The number of hydrogen-bond acceptors (Lipinski definition) is 2. The molecule has 74 valence electrons. The maximum Gasteiger partial charge on any atom is 0.303 e. The predicted octanol–water partition coefficient (Wildman–Crippen LogP) is 1.28. The summed E-state index contributed by atoms with van der Waals surface area (Å²) < 4.78 is 0. The molecule has 0 unspecified atom stereocenters. The van der Waals surface area contributed by atoms with Crippen LogP contribution in [0, 0.1) is 0 Å². The molecule has 13 heavy (non-hydrogen) atoms. The highest BCUT2D eigenvalue weighted by atomic mass is 16.4. The summed E-state index contributed by atoms with van der Waals surface area (Å²) in [6.07, 6.45) is 1.63. The molecule has 0 atom stereocenters. The highest BCUT2D eigenvalue weighted by Crippen LogP contribution is 1.99. The van der Waals surface area contributed by atoms with Crippen LogP contribution in [0.1, 0.15) is 32.6 Å². The normalized spacial score (nSPS) is 9.31. The zero-order valence-electron chi connectivity index (χ0n) is 7.80. The van der Waals surface area contributed by atoms with E-state index in [2.05, 4.69) is 11.9 Å². The summed E-state index contributed by atoms with van der Waals surface area (Å²) in [7, 11) is 0. The van der Waals surface area contributed by atoms with Gasteiger partial charge < -0.3 is 10.4 Å². The van der Waals surface area contributed by atoms with E-state index in [1.807, 2.05) is 0 Å². The molecule has 0 heterocycles. The van der Waals surface area contributed by atoms with Crippen molar-refractivity contribution in [2.75, 3.05) is 0 Å². The maximum absolute atomic E-state index is 11.0. The first-order valence-corrected chi connectivity index (χ1v) is 4.19. The van der Waals surface area contributed by atoms with Crippen LogP contribution in [-0.4, -0.2) is 17.0 Å². The van der Waals surface area contributed by atoms with Crippen molar-refractivity contribution in [3.63, 3.8) is 0 Å². The summed E-state index contributed by atoms with van der Waals surface area (Å²) >= 11 is 0. The van der Waals surface area contributed by atoms with Crippen molar-refractivity contribution in [1.29, 1.82) is 0 Å². The SMILES string of the molecule is C=C(C)NC(=O)CCCCC(=O)O. The fourth-order valence-corrected chi connectivity index (χ4v) is 0.862. The second-order valence-corrected chi connectivity index (χ2v) is 2.93. The topological polar surface area (TPSA) is 66.4 Å². The van der Waals surface area contributed by atoms with Crippen LogP contribution in [0.5, 0.6) is 0 Å². The molecule has 0 aromatic carbocycles. The molecule has 0 rings (SSSR count). The minimum Gasteiger partial charge on any atom is -0.481 e. The van der Waals surface area contributed by atoms with Crippen LogP contribution in [0.25, 0.3) is 0 Å². The first kappa shape index (κ1) is 11.7. The van der Waals surface area contributed by atoms with Crippen LogP contribution < -0.4 is 5.32 Å². The van der Waals surface area contributed by atoms with E-state index < -0.39 is 5.97 Å². The van der Waals surface area contributed by atoms with Gasteiger partial charge in [0.2, 0.25) is 5.91 Å². The Morgan fingerprint density at radius 3 is 2.31 bits per heavy atom. The molecule has 0 aromatic rings. The van der Waals surface area contributed by atoms with Gasteiger partial charge in [0.15, 0.2) is 0 Å². The second kappa shape index (κ2) is 6.22. The minimum absolute atomic E-state index is 0.0992. The number of carbonyl (C=O) groups is 2. The molecule has 0 aliphatic rings. The maximum atomic E-state index is 11.0. The zero-order valence-corrected chi connectivity index (χ0v) is 7.80. The minimum atomic E-state index is -0.819. The van der Waals surface area contributed by atoms with Crippen molar-refractivity contribution >= 4 is 11.9 Å². The van der Waals surface area contributed by atoms with Gasteiger partial charge in [-0.2, -0.15) is 0 Å². The Hall–Kier alpha value is -1.32. The molecule has 2 N–H and O–H groups in total. The highest BCUT2D eigenvalue weighted by Gasteiger charge is 2.01. The Bertz CT molecular complexity index is 211. The number of carboxylic acid groups (broad SMARTS) is 1. The largest absolute Gasteiger partial charge is 0.481 e. The van der Waals surface area contributed by atoms with Gasteiger partial charge in [-0.25, -0.2) is 0 Å². The molecule has 0 saturated carbocycles. The number of carboxylic acids is 1. The Kier molecular flexibility index (Phi) is 5.59. The summed E-state index contributed by atoms with van der Waals surface area (Å²) in [5.41, 5.74) is 0.614. The molecule has 1 amide bonds. The number of amides is 1. The number of carbonyl (C=O) groups excluding carboxylic acids is 1. The molecule has 0 spiro atoms. The molecule has 0 aliphatic carbocycles. The van der Waals surface area contributed by atoms with E-state index in [9.17, 15) is 9.59 Å². The molecule has 0 radical (unpaired) electrons. The number of allylic oxidation sites excluding steroid dienone is 1. The quantitative estimate of drug-likeness (QED) is 0.612. The third kappa shape index (κ3) is 8.59. The Balaban J connectivity index is 3.37. The van der Waals surface area contributed by atoms with Gasteiger partial charge in [-0.05, 0) is 19.8 Å². The summed E-state index contributed by atoms with van der Waals surface area (Å²) in [4.78, 5) is 21.1. The lowest BCUT2D eigenvalue weighted by atomic mass is 10.2. The van der Waals surface area contributed by atoms with E-state index in [1.54, 1.807) is 6.92 Å². The smallest absolute Gasteiger partial charge is 0.303 e. The average molecular weight is 185 g/mol. The van der Waals surface area contributed by atoms with Gasteiger partial charge in [-0.3, -0.25) is 9.59 Å². The van der Waals surface area contributed by atoms with Crippen LogP contribution in [0.4, 0.5) is 0 Å². The summed E-state index contributed by atoms with van der Waals surface area (Å²) in [5.74, 6) is -0.918. The van der Waals surface area contributed by atoms with Gasteiger partial charge in [-0.15, -0.1) is 0 Å². The van der Waals surface area contributed by atoms with Gasteiger partial charge in [0, 0.05) is 18.5 Å². The fraction of sp³-hybridized carbons (Fsp3) is 0.556. The summed E-state index contributed by atoms with van der Waals surface area (Å²) in [6, 6.07) is 0. The molecule has 4 nitrogen and oxygen atoms in total. The van der Waals surface area contributed by atoms with Gasteiger partial charge in [-0.1, -0.05) is 6.58 Å². The van der Waals surface area contributed by atoms with Crippen LogP contribution in [0.2, 0.25) is 0 Å². The van der Waals surface area contributed by atoms with Crippen molar-refractivity contribution in [2.45, 2.75) is 32.6 Å². The van der Waals surface area contributed by atoms with E-state index in [-0.39, 0.29) is 12.3 Å². The van der Waals surface area contributed by atoms with Crippen molar-refractivity contribution in [1.82, 2.24) is 5.32 Å².